The first-order valence-corrected chi connectivity index (χ1v) is 8.98. The molecule has 25 heavy (non-hydrogen) atoms. The van der Waals surface area contributed by atoms with Crippen molar-refractivity contribution >= 4 is 28.1 Å². The third-order valence-corrected chi connectivity index (χ3v) is 4.92. The minimum atomic E-state index is -0.108. The summed E-state index contributed by atoms with van der Waals surface area (Å²) < 4.78 is 0. The van der Waals surface area contributed by atoms with Gasteiger partial charge in [0.15, 0.2) is 5.13 Å². The van der Waals surface area contributed by atoms with Gasteiger partial charge in [-0.2, -0.15) is 0 Å². The highest BCUT2D eigenvalue weighted by Gasteiger charge is 2.15. The van der Waals surface area contributed by atoms with E-state index in [-0.39, 0.29) is 5.91 Å². The van der Waals surface area contributed by atoms with Gasteiger partial charge in [-0.25, -0.2) is 4.98 Å². The third-order valence-electron chi connectivity index (χ3n) is 3.85. The van der Waals surface area contributed by atoms with E-state index in [2.05, 4.69) is 33.6 Å². The quantitative estimate of drug-likeness (QED) is 0.701. The highest BCUT2D eigenvalue weighted by atomic mass is 32.1. The molecule has 2 N–H and O–H groups in total. The van der Waals surface area contributed by atoms with E-state index in [0.29, 0.717) is 11.4 Å². The maximum absolute atomic E-state index is 12.4. The lowest BCUT2D eigenvalue weighted by Gasteiger charge is -2.07. The van der Waals surface area contributed by atoms with Crippen LogP contribution in [-0.4, -0.2) is 15.9 Å². The predicted octanol–water partition coefficient (Wildman–Crippen LogP) is 4.08. The van der Waals surface area contributed by atoms with Crippen molar-refractivity contribution in [2.24, 2.45) is 0 Å². The average molecular weight is 352 g/mol. The number of anilines is 2. The number of aryl methyl sites for hydroxylation is 2. The Morgan fingerprint density at radius 1 is 1.16 bits per heavy atom. The van der Waals surface area contributed by atoms with Crippen LogP contribution in [0.15, 0.2) is 48.8 Å². The van der Waals surface area contributed by atoms with Gasteiger partial charge in [-0.1, -0.05) is 36.5 Å². The molecule has 0 bridgehead atoms. The van der Waals surface area contributed by atoms with Crippen LogP contribution < -0.4 is 10.6 Å². The van der Waals surface area contributed by atoms with Gasteiger partial charge in [-0.05, 0) is 42.7 Å². The van der Waals surface area contributed by atoms with Crippen molar-refractivity contribution in [2.45, 2.75) is 26.8 Å². The van der Waals surface area contributed by atoms with Gasteiger partial charge in [0.25, 0.3) is 5.91 Å². The molecule has 0 aliphatic heterocycles. The van der Waals surface area contributed by atoms with E-state index in [9.17, 15) is 4.79 Å². The fraction of sp³-hybridized carbons (Fsp3) is 0.211. The van der Waals surface area contributed by atoms with Crippen molar-refractivity contribution in [1.29, 1.82) is 0 Å². The van der Waals surface area contributed by atoms with Crippen molar-refractivity contribution in [2.75, 3.05) is 5.32 Å². The summed E-state index contributed by atoms with van der Waals surface area (Å²) in [7, 11) is 0. The van der Waals surface area contributed by atoms with Crippen LogP contribution in [0.25, 0.3) is 0 Å². The van der Waals surface area contributed by atoms with E-state index in [4.69, 9.17) is 0 Å². The van der Waals surface area contributed by atoms with Crippen molar-refractivity contribution < 1.29 is 4.79 Å². The molecule has 0 spiro atoms. The summed E-state index contributed by atoms with van der Waals surface area (Å²) in [6.07, 6.45) is 4.37. The molecule has 0 aliphatic rings. The Balaban J connectivity index is 1.70. The molecule has 1 amide bonds. The van der Waals surface area contributed by atoms with Crippen molar-refractivity contribution in [3.63, 3.8) is 0 Å². The number of pyridine rings is 1. The normalized spacial score (nSPS) is 10.5. The summed E-state index contributed by atoms with van der Waals surface area (Å²) >= 11 is 1.37. The van der Waals surface area contributed by atoms with E-state index in [1.807, 2.05) is 37.3 Å². The maximum atomic E-state index is 12.4. The van der Waals surface area contributed by atoms with Gasteiger partial charge in [0.1, 0.15) is 4.88 Å². The van der Waals surface area contributed by atoms with Crippen LogP contribution in [0.3, 0.4) is 0 Å². The third kappa shape index (κ3) is 4.22. The largest absolute Gasteiger partial charge is 0.347 e. The zero-order valence-electron chi connectivity index (χ0n) is 14.2. The minimum Gasteiger partial charge on any atom is -0.347 e. The molecular weight excluding hydrogens is 332 g/mol. The van der Waals surface area contributed by atoms with Gasteiger partial charge in [0.2, 0.25) is 0 Å². The Kier molecular flexibility index (Phi) is 5.40. The second-order valence-electron chi connectivity index (χ2n) is 5.61. The standard InChI is InChI=1S/C19H20N4OS/c1-3-15-6-4-5-7-16(15)23-19-22-13(2)17(25-19)18(24)21-12-14-8-10-20-11-9-14/h4-11H,3,12H2,1-2H3,(H,21,24)(H,22,23). The van der Waals surface area contributed by atoms with Crippen LogP contribution in [0.4, 0.5) is 10.8 Å². The zero-order valence-corrected chi connectivity index (χ0v) is 15.1. The molecular formula is C19H20N4OS. The first kappa shape index (κ1) is 17.1. The maximum Gasteiger partial charge on any atom is 0.263 e. The fourth-order valence-electron chi connectivity index (χ4n) is 2.49. The van der Waals surface area contributed by atoms with Gasteiger partial charge >= 0.3 is 0 Å². The summed E-state index contributed by atoms with van der Waals surface area (Å²) in [5.41, 5.74) is 4.00. The molecule has 0 saturated carbocycles. The van der Waals surface area contributed by atoms with Gasteiger partial charge in [0, 0.05) is 24.6 Å². The van der Waals surface area contributed by atoms with Gasteiger partial charge < -0.3 is 10.6 Å². The number of hydrogen-bond acceptors (Lipinski definition) is 5. The number of amides is 1. The Hall–Kier alpha value is -2.73. The number of benzene rings is 1. The molecule has 3 rings (SSSR count). The SMILES string of the molecule is CCc1ccccc1Nc1nc(C)c(C(=O)NCc2ccncc2)s1. The van der Waals surface area contributed by atoms with E-state index in [0.717, 1.165) is 28.5 Å². The van der Waals surface area contributed by atoms with E-state index >= 15 is 0 Å². The molecule has 6 heteroatoms. The minimum absolute atomic E-state index is 0.108. The molecule has 0 aliphatic carbocycles. The highest BCUT2D eigenvalue weighted by Crippen LogP contribution is 2.27. The number of rotatable bonds is 6. The summed E-state index contributed by atoms with van der Waals surface area (Å²) in [4.78, 5) is 21.5. The number of para-hydroxylation sites is 1. The molecule has 0 atom stereocenters. The molecule has 0 radical (unpaired) electrons. The highest BCUT2D eigenvalue weighted by molar-refractivity contribution is 7.17. The van der Waals surface area contributed by atoms with Gasteiger partial charge in [0.05, 0.1) is 5.69 Å². The Labute approximate surface area is 151 Å². The average Bonchev–Trinajstić information content (AvgIpc) is 3.01. The Bertz CT molecular complexity index is 861. The molecule has 2 aromatic heterocycles. The van der Waals surface area contributed by atoms with Crippen molar-refractivity contribution in [1.82, 2.24) is 15.3 Å². The molecule has 0 fully saturated rings. The van der Waals surface area contributed by atoms with E-state index in [1.165, 1.54) is 16.9 Å². The van der Waals surface area contributed by atoms with Crippen molar-refractivity contribution in [3.05, 3.63) is 70.5 Å². The molecule has 5 nitrogen and oxygen atoms in total. The van der Waals surface area contributed by atoms with Crippen LogP contribution in [-0.2, 0) is 13.0 Å². The fourth-order valence-corrected chi connectivity index (χ4v) is 3.38. The second kappa shape index (κ2) is 7.90. The molecule has 0 saturated heterocycles. The summed E-state index contributed by atoms with van der Waals surface area (Å²) in [6, 6.07) is 11.9. The summed E-state index contributed by atoms with van der Waals surface area (Å²) in [5.74, 6) is -0.108. The number of aromatic nitrogens is 2. The molecule has 3 aromatic rings. The number of thiazole rings is 1. The summed E-state index contributed by atoms with van der Waals surface area (Å²) in [6.45, 7) is 4.44. The monoisotopic (exact) mass is 352 g/mol. The molecule has 128 valence electrons. The number of nitrogens with one attached hydrogen (secondary N) is 2. The van der Waals surface area contributed by atoms with Crippen LogP contribution in [0.2, 0.25) is 0 Å². The second-order valence-corrected chi connectivity index (χ2v) is 6.61. The Morgan fingerprint density at radius 3 is 2.68 bits per heavy atom. The lowest BCUT2D eigenvalue weighted by molar-refractivity contribution is 0.0954. The van der Waals surface area contributed by atoms with Gasteiger partial charge in [-0.3, -0.25) is 9.78 Å². The zero-order chi connectivity index (χ0) is 17.6. The van der Waals surface area contributed by atoms with Crippen LogP contribution in [0.5, 0.6) is 0 Å². The van der Waals surface area contributed by atoms with Crippen LogP contribution >= 0.6 is 11.3 Å². The Morgan fingerprint density at radius 2 is 1.92 bits per heavy atom. The number of nitrogens with zero attached hydrogens (tertiary/aromatic N) is 2. The predicted molar refractivity (Wildman–Crippen MR) is 101 cm³/mol. The number of carbonyl (C=O) groups excluding carboxylic acids is 1. The van der Waals surface area contributed by atoms with Gasteiger partial charge in [-0.15, -0.1) is 0 Å². The van der Waals surface area contributed by atoms with Crippen LogP contribution in [0.1, 0.15) is 33.4 Å². The first-order valence-electron chi connectivity index (χ1n) is 8.17. The van der Waals surface area contributed by atoms with Crippen molar-refractivity contribution in [3.8, 4) is 0 Å². The lowest BCUT2D eigenvalue weighted by atomic mass is 10.1. The lowest BCUT2D eigenvalue weighted by Crippen LogP contribution is -2.22. The summed E-state index contributed by atoms with van der Waals surface area (Å²) in [5, 5.41) is 6.99. The number of carbonyl (C=O) groups is 1. The van der Waals surface area contributed by atoms with Crippen LogP contribution in [0, 0.1) is 6.92 Å². The van der Waals surface area contributed by atoms with E-state index < -0.39 is 0 Å². The molecule has 1 aromatic carbocycles. The first-order chi connectivity index (χ1) is 12.2. The smallest absolute Gasteiger partial charge is 0.263 e. The number of hydrogen-bond donors (Lipinski definition) is 2. The molecule has 2 heterocycles. The van der Waals surface area contributed by atoms with E-state index in [1.54, 1.807) is 12.4 Å². The molecule has 0 unspecified atom stereocenters. The topological polar surface area (TPSA) is 66.9 Å².